The number of anilines is 1. The normalized spacial score (nSPS) is 11.2. The second kappa shape index (κ2) is 8.15. The minimum Gasteiger partial charge on any atom is -0.337 e. The van der Waals surface area contributed by atoms with Crippen molar-refractivity contribution in [3.05, 3.63) is 76.5 Å². The number of hydrogen-bond acceptors (Lipinski definition) is 4. The molecule has 0 saturated heterocycles. The molecule has 1 aromatic heterocycles. The first-order valence-electron chi connectivity index (χ1n) is 8.36. The second-order valence-electron chi connectivity index (χ2n) is 6.32. The van der Waals surface area contributed by atoms with E-state index in [0.29, 0.717) is 17.8 Å². The molecule has 1 amide bonds. The Hall–Kier alpha value is -2.65. The van der Waals surface area contributed by atoms with Crippen molar-refractivity contribution in [1.29, 1.82) is 0 Å². The van der Waals surface area contributed by atoms with Crippen molar-refractivity contribution >= 4 is 37.5 Å². The fourth-order valence-corrected chi connectivity index (χ4v) is 3.95. The Morgan fingerprint density at radius 1 is 1.14 bits per heavy atom. The summed E-state index contributed by atoms with van der Waals surface area (Å²) < 4.78 is 29.9. The van der Waals surface area contributed by atoms with Gasteiger partial charge in [0.05, 0.1) is 11.1 Å². The summed E-state index contributed by atoms with van der Waals surface area (Å²) in [5, 5.41) is 4.09. The lowest BCUT2D eigenvalue weighted by Gasteiger charge is -2.16. The van der Waals surface area contributed by atoms with Gasteiger partial charge in [0.15, 0.2) is 0 Å². The summed E-state index contributed by atoms with van der Waals surface area (Å²) in [5.74, 6) is -0.161. The van der Waals surface area contributed by atoms with Gasteiger partial charge in [-0.3, -0.25) is 14.2 Å². The van der Waals surface area contributed by atoms with Crippen LogP contribution in [-0.2, 0) is 23.6 Å². The molecular weight excluding hydrogens is 444 g/mol. The number of nitrogens with one attached hydrogen (secondary N) is 1. The Morgan fingerprint density at radius 3 is 2.36 bits per heavy atom. The van der Waals surface area contributed by atoms with Crippen LogP contribution in [0, 0.1) is 0 Å². The molecule has 3 rings (SSSR count). The van der Waals surface area contributed by atoms with Gasteiger partial charge in [0.2, 0.25) is 0 Å². The first-order valence-corrected chi connectivity index (χ1v) is 10.6. The molecule has 2 aromatic carbocycles. The molecule has 0 aliphatic carbocycles. The van der Waals surface area contributed by atoms with Crippen molar-refractivity contribution in [3.63, 3.8) is 0 Å². The molecule has 0 atom stereocenters. The van der Waals surface area contributed by atoms with Gasteiger partial charge in [0.1, 0.15) is 0 Å². The zero-order valence-corrected chi connectivity index (χ0v) is 17.7. The van der Waals surface area contributed by atoms with E-state index in [1.807, 2.05) is 13.2 Å². The van der Waals surface area contributed by atoms with Crippen molar-refractivity contribution in [3.8, 4) is 0 Å². The molecule has 28 heavy (non-hydrogen) atoms. The van der Waals surface area contributed by atoms with Crippen LogP contribution in [0.5, 0.6) is 0 Å². The number of hydrogen-bond donors (Lipinski definition) is 1. The number of aryl methyl sites for hydroxylation is 1. The predicted molar refractivity (Wildman–Crippen MR) is 110 cm³/mol. The van der Waals surface area contributed by atoms with Crippen LogP contribution in [-0.4, -0.2) is 36.1 Å². The number of carbonyl (C=O) groups excluding carboxylic acids is 1. The lowest BCUT2D eigenvalue weighted by Crippen LogP contribution is -2.26. The van der Waals surface area contributed by atoms with Crippen LogP contribution in [0.25, 0.3) is 0 Å². The van der Waals surface area contributed by atoms with Crippen molar-refractivity contribution in [1.82, 2.24) is 14.7 Å². The average Bonchev–Trinajstić information content (AvgIpc) is 3.06. The summed E-state index contributed by atoms with van der Waals surface area (Å²) in [6.45, 7) is 0.435. The van der Waals surface area contributed by atoms with E-state index in [1.54, 1.807) is 59.2 Å². The van der Waals surface area contributed by atoms with E-state index in [4.69, 9.17) is 0 Å². The Morgan fingerprint density at radius 2 is 1.79 bits per heavy atom. The maximum Gasteiger partial charge on any atom is 0.261 e. The number of benzene rings is 2. The van der Waals surface area contributed by atoms with E-state index in [0.717, 1.165) is 10.0 Å². The monoisotopic (exact) mass is 462 g/mol. The number of amides is 1. The second-order valence-corrected chi connectivity index (χ2v) is 8.92. The summed E-state index contributed by atoms with van der Waals surface area (Å²) >= 11 is 3.28. The van der Waals surface area contributed by atoms with Crippen LogP contribution >= 0.6 is 15.9 Å². The smallest absolute Gasteiger partial charge is 0.261 e. The zero-order chi connectivity index (χ0) is 20.3. The Balaban J connectivity index is 1.68. The molecule has 0 spiro atoms. The number of carbonyl (C=O) groups is 1. The molecule has 0 aliphatic heterocycles. The first kappa shape index (κ1) is 20.1. The van der Waals surface area contributed by atoms with Gasteiger partial charge in [0, 0.05) is 48.1 Å². The number of rotatable bonds is 6. The fraction of sp³-hybridized carbons (Fsp3) is 0.158. The van der Waals surface area contributed by atoms with E-state index in [-0.39, 0.29) is 10.8 Å². The maximum atomic E-state index is 12.6. The molecule has 0 aliphatic rings. The molecule has 3 aromatic rings. The number of aromatic nitrogens is 2. The summed E-state index contributed by atoms with van der Waals surface area (Å²) in [7, 11) is -0.167. The lowest BCUT2D eigenvalue weighted by molar-refractivity contribution is 0.0785. The highest BCUT2D eigenvalue weighted by atomic mass is 79.9. The summed E-state index contributed by atoms with van der Waals surface area (Å²) in [5.41, 5.74) is 1.78. The Bertz CT molecular complexity index is 1080. The lowest BCUT2D eigenvalue weighted by atomic mass is 10.2. The largest absolute Gasteiger partial charge is 0.337 e. The highest BCUT2D eigenvalue weighted by molar-refractivity contribution is 9.10. The van der Waals surface area contributed by atoms with Crippen molar-refractivity contribution in [2.75, 3.05) is 11.8 Å². The van der Waals surface area contributed by atoms with Crippen LogP contribution in [0.15, 0.2) is 70.3 Å². The molecule has 0 saturated carbocycles. The molecule has 146 valence electrons. The molecule has 9 heteroatoms. The van der Waals surface area contributed by atoms with Crippen molar-refractivity contribution in [2.45, 2.75) is 11.4 Å². The Labute approximate surface area is 172 Å². The highest BCUT2D eigenvalue weighted by Crippen LogP contribution is 2.19. The summed E-state index contributed by atoms with van der Waals surface area (Å²) in [4.78, 5) is 14.3. The van der Waals surface area contributed by atoms with Gasteiger partial charge in [-0.2, -0.15) is 5.10 Å². The molecule has 1 N–H and O–H groups in total. The van der Waals surface area contributed by atoms with Gasteiger partial charge in [-0.05, 0) is 48.5 Å². The first-order chi connectivity index (χ1) is 13.2. The quantitative estimate of drug-likeness (QED) is 0.609. The van der Waals surface area contributed by atoms with E-state index in [9.17, 15) is 13.2 Å². The number of halogens is 1. The third-order valence-electron chi connectivity index (χ3n) is 4.03. The average molecular weight is 463 g/mol. The van der Waals surface area contributed by atoms with Crippen LogP contribution in [0.3, 0.4) is 0 Å². The summed E-state index contributed by atoms with van der Waals surface area (Å²) in [6, 6.07) is 12.7. The van der Waals surface area contributed by atoms with Gasteiger partial charge in [-0.25, -0.2) is 8.42 Å². The number of sulfonamides is 1. The summed E-state index contributed by atoms with van der Waals surface area (Å²) in [6.07, 6.45) is 3.56. The van der Waals surface area contributed by atoms with E-state index < -0.39 is 10.0 Å². The van der Waals surface area contributed by atoms with E-state index in [1.165, 1.54) is 12.1 Å². The SMILES string of the molecule is CN(Cc1cnn(C)c1)C(=O)c1ccc(NS(=O)(=O)c2ccc(Br)cc2)cc1. The van der Waals surface area contributed by atoms with Crippen molar-refractivity contribution < 1.29 is 13.2 Å². The van der Waals surface area contributed by atoms with Crippen molar-refractivity contribution in [2.24, 2.45) is 7.05 Å². The van der Waals surface area contributed by atoms with Gasteiger partial charge in [-0.15, -0.1) is 0 Å². The van der Waals surface area contributed by atoms with Gasteiger partial charge in [-0.1, -0.05) is 15.9 Å². The topological polar surface area (TPSA) is 84.3 Å². The van der Waals surface area contributed by atoms with Gasteiger partial charge >= 0.3 is 0 Å². The molecule has 0 fully saturated rings. The minimum atomic E-state index is -3.69. The van der Waals surface area contributed by atoms with Crippen LogP contribution in [0.4, 0.5) is 5.69 Å². The number of nitrogens with zero attached hydrogens (tertiary/aromatic N) is 3. The van der Waals surface area contributed by atoms with Gasteiger partial charge < -0.3 is 4.90 Å². The van der Waals surface area contributed by atoms with Gasteiger partial charge in [0.25, 0.3) is 15.9 Å². The standard InChI is InChI=1S/C19H19BrN4O3S/c1-23(12-14-11-21-24(2)13-14)19(25)15-3-7-17(8-4-15)22-28(26,27)18-9-5-16(20)6-10-18/h3-11,13,22H,12H2,1-2H3. The van der Waals surface area contributed by atoms with Crippen LogP contribution in [0.2, 0.25) is 0 Å². The molecule has 0 radical (unpaired) electrons. The predicted octanol–water partition coefficient (Wildman–Crippen LogP) is 3.26. The van der Waals surface area contributed by atoms with Crippen LogP contribution in [0.1, 0.15) is 15.9 Å². The molecular formula is C19H19BrN4O3S. The van der Waals surface area contributed by atoms with E-state index in [2.05, 4.69) is 25.8 Å². The zero-order valence-electron chi connectivity index (χ0n) is 15.3. The fourth-order valence-electron chi connectivity index (χ4n) is 2.63. The highest BCUT2D eigenvalue weighted by Gasteiger charge is 2.16. The molecule has 1 heterocycles. The van der Waals surface area contributed by atoms with Crippen LogP contribution < -0.4 is 4.72 Å². The molecule has 0 bridgehead atoms. The third kappa shape index (κ3) is 4.79. The maximum absolute atomic E-state index is 12.6. The third-order valence-corrected chi connectivity index (χ3v) is 5.96. The minimum absolute atomic E-state index is 0.159. The molecule has 7 nitrogen and oxygen atoms in total. The Kier molecular flexibility index (Phi) is 5.85. The molecule has 0 unspecified atom stereocenters. The van der Waals surface area contributed by atoms with E-state index >= 15 is 0 Å².